The van der Waals surface area contributed by atoms with E-state index in [9.17, 15) is 14.4 Å². The van der Waals surface area contributed by atoms with Crippen molar-refractivity contribution in [2.24, 2.45) is 0 Å². The molecule has 1 atom stereocenters. The molecule has 0 spiro atoms. The molecule has 1 aliphatic heterocycles. The third kappa shape index (κ3) is 2.78. The number of hydrogen-bond donors (Lipinski definition) is 2. The van der Waals surface area contributed by atoms with E-state index in [1.165, 1.54) is 18.7 Å². The van der Waals surface area contributed by atoms with Crippen molar-refractivity contribution in [2.45, 2.75) is 25.0 Å². The van der Waals surface area contributed by atoms with Gasteiger partial charge in [-0.05, 0) is 24.8 Å². The first-order valence-electron chi connectivity index (χ1n) is 7.36. The fourth-order valence-corrected chi connectivity index (χ4v) is 2.92. The molecule has 124 valence electrons. The lowest BCUT2D eigenvalue weighted by Gasteiger charge is -2.20. The summed E-state index contributed by atoms with van der Waals surface area (Å²) in [6.45, 7) is 3.46. The Balaban J connectivity index is 1.74. The van der Waals surface area contributed by atoms with E-state index in [1.54, 1.807) is 24.3 Å². The SMILES string of the molecule is CCSc1n[nH]c(NC(=O)C(C)N2C(=O)c3ccccc3C2=O)n1. The standard InChI is InChI=1S/C15H15N5O3S/c1-3-24-15-17-14(18-19-15)16-11(21)8(2)20-12(22)9-6-4-5-7-10(9)13(20)23/h4-8H,3H2,1-2H3,(H2,16,17,18,19,21). The highest BCUT2D eigenvalue weighted by Crippen LogP contribution is 2.24. The van der Waals surface area contributed by atoms with E-state index in [2.05, 4.69) is 20.5 Å². The maximum absolute atomic E-state index is 12.4. The van der Waals surface area contributed by atoms with E-state index in [-0.39, 0.29) is 5.95 Å². The van der Waals surface area contributed by atoms with E-state index >= 15 is 0 Å². The van der Waals surface area contributed by atoms with Crippen LogP contribution < -0.4 is 5.32 Å². The summed E-state index contributed by atoms with van der Waals surface area (Å²) >= 11 is 1.43. The lowest BCUT2D eigenvalue weighted by molar-refractivity contribution is -0.119. The van der Waals surface area contributed by atoms with Crippen molar-refractivity contribution < 1.29 is 14.4 Å². The highest BCUT2D eigenvalue weighted by molar-refractivity contribution is 7.99. The fourth-order valence-electron chi connectivity index (χ4n) is 2.39. The Hall–Kier alpha value is -2.68. The largest absolute Gasteiger partial charge is 0.293 e. The van der Waals surface area contributed by atoms with Crippen LogP contribution in [-0.2, 0) is 4.79 Å². The van der Waals surface area contributed by atoms with Crippen molar-refractivity contribution >= 4 is 35.4 Å². The van der Waals surface area contributed by atoms with Crippen LogP contribution in [0.2, 0.25) is 0 Å². The van der Waals surface area contributed by atoms with Crippen molar-refractivity contribution in [2.75, 3.05) is 11.1 Å². The molecule has 3 rings (SSSR count). The summed E-state index contributed by atoms with van der Waals surface area (Å²) in [5.41, 5.74) is 0.617. The van der Waals surface area contributed by atoms with Crippen LogP contribution in [0.5, 0.6) is 0 Å². The zero-order valence-electron chi connectivity index (χ0n) is 13.1. The van der Waals surface area contributed by atoms with Gasteiger partial charge in [0.2, 0.25) is 17.0 Å². The molecule has 0 saturated carbocycles. The Bertz CT molecular complexity index is 784. The van der Waals surface area contributed by atoms with Gasteiger partial charge in [-0.25, -0.2) is 5.10 Å². The van der Waals surface area contributed by atoms with Crippen LogP contribution in [0.4, 0.5) is 5.95 Å². The molecule has 24 heavy (non-hydrogen) atoms. The molecule has 0 bridgehead atoms. The van der Waals surface area contributed by atoms with Gasteiger partial charge in [0.25, 0.3) is 11.8 Å². The number of nitrogens with one attached hydrogen (secondary N) is 2. The van der Waals surface area contributed by atoms with Gasteiger partial charge in [0.05, 0.1) is 11.1 Å². The summed E-state index contributed by atoms with van der Waals surface area (Å²) in [6.07, 6.45) is 0. The Morgan fingerprint density at radius 1 is 1.29 bits per heavy atom. The molecule has 2 aromatic rings. The first-order valence-corrected chi connectivity index (χ1v) is 8.34. The molecule has 0 radical (unpaired) electrons. The predicted octanol–water partition coefficient (Wildman–Crippen LogP) is 1.54. The smallest absolute Gasteiger partial charge is 0.262 e. The van der Waals surface area contributed by atoms with Crippen LogP contribution in [-0.4, -0.2) is 49.6 Å². The minimum Gasteiger partial charge on any atom is -0.293 e. The molecule has 1 aromatic heterocycles. The summed E-state index contributed by atoms with van der Waals surface area (Å²) in [7, 11) is 0. The molecule has 1 aliphatic rings. The highest BCUT2D eigenvalue weighted by Gasteiger charge is 2.40. The van der Waals surface area contributed by atoms with Crippen LogP contribution in [0.15, 0.2) is 29.4 Å². The minimum absolute atomic E-state index is 0.180. The number of H-pyrrole nitrogens is 1. The van der Waals surface area contributed by atoms with Gasteiger partial charge >= 0.3 is 0 Å². The van der Waals surface area contributed by atoms with E-state index in [0.717, 1.165) is 10.7 Å². The Labute approximate surface area is 142 Å². The van der Waals surface area contributed by atoms with Crippen molar-refractivity contribution in [3.05, 3.63) is 35.4 Å². The maximum Gasteiger partial charge on any atom is 0.262 e. The van der Waals surface area contributed by atoms with Gasteiger partial charge < -0.3 is 0 Å². The molecule has 2 heterocycles. The molecule has 0 fully saturated rings. The third-order valence-electron chi connectivity index (χ3n) is 3.57. The van der Waals surface area contributed by atoms with E-state index in [4.69, 9.17) is 0 Å². The molecule has 1 unspecified atom stereocenters. The summed E-state index contributed by atoms with van der Waals surface area (Å²) in [5, 5.41) is 9.60. The first-order chi connectivity index (χ1) is 11.5. The van der Waals surface area contributed by atoms with Crippen LogP contribution in [0, 0.1) is 0 Å². The van der Waals surface area contributed by atoms with Gasteiger partial charge in [0.15, 0.2) is 0 Å². The predicted molar refractivity (Wildman–Crippen MR) is 87.8 cm³/mol. The first kappa shape index (κ1) is 16.2. The van der Waals surface area contributed by atoms with Gasteiger partial charge in [0.1, 0.15) is 6.04 Å². The van der Waals surface area contributed by atoms with Gasteiger partial charge in [-0.1, -0.05) is 30.8 Å². The fraction of sp³-hybridized carbons (Fsp3) is 0.267. The van der Waals surface area contributed by atoms with Crippen molar-refractivity contribution in [1.82, 2.24) is 20.1 Å². The number of aromatic nitrogens is 3. The second kappa shape index (κ2) is 6.44. The summed E-state index contributed by atoms with van der Waals surface area (Å²) in [4.78, 5) is 42.2. The molecule has 0 aliphatic carbocycles. The van der Waals surface area contributed by atoms with Gasteiger partial charge in [0, 0.05) is 0 Å². The number of amides is 3. The number of fused-ring (bicyclic) bond motifs is 1. The molecule has 3 amide bonds. The second-order valence-electron chi connectivity index (χ2n) is 5.09. The van der Waals surface area contributed by atoms with Crippen LogP contribution in [0.25, 0.3) is 0 Å². The number of carbonyl (C=O) groups is 3. The number of thioether (sulfide) groups is 1. The molecule has 2 N–H and O–H groups in total. The van der Waals surface area contributed by atoms with Crippen molar-refractivity contribution in [1.29, 1.82) is 0 Å². The second-order valence-corrected chi connectivity index (χ2v) is 6.32. The molecule has 8 nitrogen and oxygen atoms in total. The molecular formula is C15H15N5O3S. The number of benzene rings is 1. The monoisotopic (exact) mass is 345 g/mol. The Kier molecular flexibility index (Phi) is 4.34. The normalized spacial score (nSPS) is 14.7. The topological polar surface area (TPSA) is 108 Å². The molecular weight excluding hydrogens is 330 g/mol. The van der Waals surface area contributed by atoms with Gasteiger partial charge in [-0.2, -0.15) is 4.98 Å². The number of hydrogen-bond acceptors (Lipinski definition) is 6. The van der Waals surface area contributed by atoms with Gasteiger partial charge in [-0.15, -0.1) is 5.10 Å². The van der Waals surface area contributed by atoms with Crippen LogP contribution in [0.3, 0.4) is 0 Å². The molecule has 0 saturated heterocycles. The quantitative estimate of drug-likeness (QED) is 0.628. The molecule has 1 aromatic carbocycles. The lowest BCUT2D eigenvalue weighted by atomic mass is 10.1. The Morgan fingerprint density at radius 2 is 1.92 bits per heavy atom. The van der Waals surface area contributed by atoms with Crippen molar-refractivity contribution in [3.8, 4) is 0 Å². The van der Waals surface area contributed by atoms with Crippen molar-refractivity contribution in [3.63, 3.8) is 0 Å². The highest BCUT2D eigenvalue weighted by atomic mass is 32.2. The average molecular weight is 345 g/mol. The van der Waals surface area contributed by atoms with Gasteiger partial charge in [-0.3, -0.25) is 24.6 Å². The van der Waals surface area contributed by atoms with E-state index in [1.807, 2.05) is 6.92 Å². The van der Waals surface area contributed by atoms with E-state index < -0.39 is 23.8 Å². The summed E-state index contributed by atoms with van der Waals surface area (Å²) in [5.74, 6) is -0.486. The Morgan fingerprint density at radius 3 is 2.50 bits per heavy atom. The summed E-state index contributed by atoms with van der Waals surface area (Å²) in [6, 6.07) is 5.54. The maximum atomic E-state index is 12.4. The number of nitrogens with zero attached hydrogens (tertiary/aromatic N) is 3. The molecule has 9 heteroatoms. The third-order valence-corrected chi connectivity index (χ3v) is 4.30. The summed E-state index contributed by atoms with van der Waals surface area (Å²) < 4.78 is 0. The minimum atomic E-state index is -0.968. The number of rotatable bonds is 5. The average Bonchev–Trinajstić information content (AvgIpc) is 3.11. The number of anilines is 1. The van der Waals surface area contributed by atoms with E-state index in [0.29, 0.717) is 16.3 Å². The van der Waals surface area contributed by atoms with Crippen LogP contribution >= 0.6 is 11.8 Å². The number of carbonyl (C=O) groups excluding carboxylic acids is 3. The zero-order valence-corrected chi connectivity index (χ0v) is 13.9. The van der Waals surface area contributed by atoms with Crippen LogP contribution in [0.1, 0.15) is 34.6 Å². The zero-order chi connectivity index (χ0) is 17.3. The lowest BCUT2D eigenvalue weighted by Crippen LogP contribution is -2.45. The number of imide groups is 1. The number of aromatic amines is 1.